The summed E-state index contributed by atoms with van der Waals surface area (Å²) >= 11 is 13.6. The predicted octanol–water partition coefficient (Wildman–Crippen LogP) is 5.13. The molecule has 2 amide bonds. The molecule has 0 bridgehead atoms. The molecule has 0 spiro atoms. The van der Waals surface area contributed by atoms with Crippen molar-refractivity contribution in [2.45, 2.75) is 17.9 Å². The Labute approximate surface area is 162 Å². The smallest absolute Gasteiger partial charge is 0.322 e. The van der Waals surface area contributed by atoms with E-state index in [9.17, 15) is 4.79 Å². The average molecular weight is 399 g/mol. The van der Waals surface area contributed by atoms with Crippen LogP contribution >= 0.6 is 35.0 Å². The number of carbonyl (C=O) groups is 1. The Morgan fingerprint density at radius 3 is 2.68 bits per heavy atom. The standard InChI is InChI=1S/C18H20Cl2N2O2S/c1-25-15-5-2-4-14(11-15)21-18(24)22(8-3-9-23)12-13-6-7-16(19)17(20)10-13/h2,4-7,10-11,23H,3,8-9,12H2,1H3,(H,21,24). The number of rotatable bonds is 7. The van der Waals surface area contributed by atoms with E-state index in [0.29, 0.717) is 29.6 Å². The molecule has 7 heteroatoms. The molecule has 0 saturated carbocycles. The first-order chi connectivity index (χ1) is 12.0. The summed E-state index contributed by atoms with van der Waals surface area (Å²) in [5.74, 6) is 0. The fourth-order valence-corrected chi connectivity index (χ4v) is 3.06. The van der Waals surface area contributed by atoms with Gasteiger partial charge in [-0.05, 0) is 48.6 Å². The maximum Gasteiger partial charge on any atom is 0.322 e. The number of urea groups is 1. The van der Waals surface area contributed by atoms with Gasteiger partial charge >= 0.3 is 6.03 Å². The van der Waals surface area contributed by atoms with Crippen molar-refractivity contribution in [3.05, 3.63) is 58.1 Å². The second-order valence-corrected chi connectivity index (χ2v) is 7.10. The highest BCUT2D eigenvalue weighted by Gasteiger charge is 2.15. The lowest BCUT2D eigenvalue weighted by Crippen LogP contribution is -2.35. The van der Waals surface area contributed by atoms with Crippen molar-refractivity contribution < 1.29 is 9.90 Å². The zero-order valence-corrected chi connectivity index (χ0v) is 16.2. The SMILES string of the molecule is CSc1cccc(NC(=O)N(CCCO)Cc2ccc(Cl)c(Cl)c2)c1. The minimum Gasteiger partial charge on any atom is -0.396 e. The number of benzene rings is 2. The molecule has 4 nitrogen and oxygen atoms in total. The fraction of sp³-hybridized carbons (Fsp3) is 0.278. The zero-order valence-electron chi connectivity index (χ0n) is 13.8. The Morgan fingerprint density at radius 2 is 2.00 bits per heavy atom. The number of nitrogens with zero attached hydrogens (tertiary/aromatic N) is 1. The van der Waals surface area contributed by atoms with Crippen LogP contribution in [0, 0.1) is 0 Å². The third-order valence-corrected chi connectivity index (χ3v) is 5.02. The summed E-state index contributed by atoms with van der Waals surface area (Å²) in [5, 5.41) is 12.9. The van der Waals surface area contributed by atoms with Crippen LogP contribution in [-0.4, -0.2) is 35.4 Å². The van der Waals surface area contributed by atoms with E-state index < -0.39 is 0 Å². The van der Waals surface area contributed by atoms with Gasteiger partial charge in [-0.3, -0.25) is 0 Å². The molecular formula is C18H20Cl2N2O2S. The van der Waals surface area contributed by atoms with E-state index in [-0.39, 0.29) is 12.6 Å². The van der Waals surface area contributed by atoms with Crippen LogP contribution in [0.2, 0.25) is 10.0 Å². The summed E-state index contributed by atoms with van der Waals surface area (Å²) in [4.78, 5) is 15.4. The van der Waals surface area contributed by atoms with Crippen molar-refractivity contribution in [1.29, 1.82) is 0 Å². The van der Waals surface area contributed by atoms with Crippen LogP contribution < -0.4 is 5.32 Å². The minimum absolute atomic E-state index is 0.0209. The monoisotopic (exact) mass is 398 g/mol. The maximum absolute atomic E-state index is 12.6. The first kappa shape index (κ1) is 19.9. The summed E-state index contributed by atoms with van der Waals surface area (Å²) < 4.78 is 0. The normalized spacial score (nSPS) is 10.6. The molecule has 0 aromatic heterocycles. The fourth-order valence-electron chi connectivity index (χ4n) is 2.28. The molecule has 0 saturated heterocycles. The molecule has 0 heterocycles. The van der Waals surface area contributed by atoms with E-state index in [1.165, 1.54) is 0 Å². The molecule has 134 valence electrons. The van der Waals surface area contributed by atoms with Gasteiger partial charge in [0.2, 0.25) is 0 Å². The van der Waals surface area contributed by atoms with Gasteiger partial charge in [0, 0.05) is 30.3 Å². The summed E-state index contributed by atoms with van der Waals surface area (Å²) in [6.07, 6.45) is 2.48. The van der Waals surface area contributed by atoms with Crippen LogP contribution in [0.1, 0.15) is 12.0 Å². The minimum atomic E-state index is -0.224. The van der Waals surface area contributed by atoms with Crippen LogP contribution in [0.4, 0.5) is 10.5 Å². The molecule has 25 heavy (non-hydrogen) atoms. The molecule has 0 aliphatic carbocycles. The van der Waals surface area contributed by atoms with Gasteiger partial charge in [-0.2, -0.15) is 0 Å². The average Bonchev–Trinajstić information content (AvgIpc) is 2.61. The molecule has 2 N–H and O–H groups in total. The number of hydrogen-bond donors (Lipinski definition) is 2. The Balaban J connectivity index is 2.11. The molecule has 0 radical (unpaired) electrons. The Hall–Kier alpha value is -1.40. The van der Waals surface area contributed by atoms with Gasteiger partial charge in [0.15, 0.2) is 0 Å². The van der Waals surface area contributed by atoms with E-state index in [1.54, 1.807) is 28.8 Å². The highest BCUT2D eigenvalue weighted by atomic mass is 35.5. The van der Waals surface area contributed by atoms with Gasteiger partial charge in [-0.15, -0.1) is 11.8 Å². The Bertz CT molecular complexity index is 728. The summed E-state index contributed by atoms with van der Waals surface area (Å²) in [6, 6.07) is 12.7. The summed E-state index contributed by atoms with van der Waals surface area (Å²) in [5.41, 5.74) is 1.61. The van der Waals surface area contributed by atoms with Crippen LogP contribution in [0.25, 0.3) is 0 Å². The van der Waals surface area contributed by atoms with E-state index in [4.69, 9.17) is 28.3 Å². The van der Waals surface area contributed by atoms with Gasteiger partial charge < -0.3 is 15.3 Å². The zero-order chi connectivity index (χ0) is 18.2. The molecule has 0 unspecified atom stereocenters. The lowest BCUT2D eigenvalue weighted by Gasteiger charge is -2.23. The number of halogens is 2. The maximum atomic E-state index is 12.6. The highest BCUT2D eigenvalue weighted by molar-refractivity contribution is 7.98. The highest BCUT2D eigenvalue weighted by Crippen LogP contribution is 2.24. The van der Waals surface area contributed by atoms with Crippen LogP contribution in [0.3, 0.4) is 0 Å². The number of thioether (sulfide) groups is 1. The number of amides is 2. The number of aliphatic hydroxyl groups is 1. The van der Waals surface area contributed by atoms with Gasteiger partial charge in [-0.1, -0.05) is 35.3 Å². The second-order valence-electron chi connectivity index (χ2n) is 5.41. The molecule has 2 rings (SSSR count). The third-order valence-electron chi connectivity index (χ3n) is 3.55. The van der Waals surface area contributed by atoms with Crippen LogP contribution in [0.5, 0.6) is 0 Å². The van der Waals surface area contributed by atoms with Gasteiger partial charge in [-0.25, -0.2) is 4.79 Å². The van der Waals surface area contributed by atoms with E-state index in [1.807, 2.05) is 36.6 Å². The van der Waals surface area contributed by atoms with Crippen molar-refractivity contribution >= 4 is 46.7 Å². The quantitative estimate of drug-likeness (QED) is 0.635. The van der Waals surface area contributed by atoms with Crippen molar-refractivity contribution in [2.24, 2.45) is 0 Å². The van der Waals surface area contributed by atoms with Crippen molar-refractivity contribution in [3.63, 3.8) is 0 Å². The Kier molecular flexibility index (Phi) is 7.90. The van der Waals surface area contributed by atoms with Crippen LogP contribution in [-0.2, 0) is 6.54 Å². The Morgan fingerprint density at radius 1 is 1.20 bits per heavy atom. The van der Waals surface area contributed by atoms with Crippen molar-refractivity contribution in [1.82, 2.24) is 4.90 Å². The van der Waals surface area contributed by atoms with Crippen molar-refractivity contribution in [2.75, 3.05) is 24.7 Å². The molecule has 0 aliphatic heterocycles. The molecular weight excluding hydrogens is 379 g/mol. The lowest BCUT2D eigenvalue weighted by molar-refractivity contribution is 0.199. The number of anilines is 1. The largest absolute Gasteiger partial charge is 0.396 e. The number of hydrogen-bond acceptors (Lipinski definition) is 3. The molecule has 2 aromatic carbocycles. The van der Waals surface area contributed by atoms with Crippen LogP contribution in [0.15, 0.2) is 47.4 Å². The molecule has 2 aromatic rings. The van der Waals surface area contributed by atoms with Gasteiger partial charge in [0.1, 0.15) is 0 Å². The third kappa shape index (κ3) is 6.12. The van der Waals surface area contributed by atoms with Crippen molar-refractivity contribution in [3.8, 4) is 0 Å². The van der Waals surface area contributed by atoms with Gasteiger partial charge in [0.25, 0.3) is 0 Å². The summed E-state index contributed by atoms with van der Waals surface area (Å²) in [7, 11) is 0. The predicted molar refractivity (Wildman–Crippen MR) is 106 cm³/mol. The first-order valence-corrected chi connectivity index (χ1v) is 9.76. The lowest BCUT2D eigenvalue weighted by atomic mass is 10.2. The first-order valence-electron chi connectivity index (χ1n) is 7.78. The van der Waals surface area contributed by atoms with E-state index in [2.05, 4.69) is 5.32 Å². The topological polar surface area (TPSA) is 52.6 Å². The summed E-state index contributed by atoms with van der Waals surface area (Å²) in [6.45, 7) is 0.836. The molecule has 0 fully saturated rings. The second kappa shape index (κ2) is 9.92. The van der Waals surface area contributed by atoms with E-state index in [0.717, 1.165) is 16.1 Å². The van der Waals surface area contributed by atoms with Gasteiger partial charge in [0.05, 0.1) is 10.0 Å². The number of carbonyl (C=O) groups excluding carboxylic acids is 1. The number of nitrogens with one attached hydrogen (secondary N) is 1. The molecule has 0 aliphatic rings. The molecule has 0 atom stereocenters. The number of aliphatic hydroxyl groups excluding tert-OH is 1. The van der Waals surface area contributed by atoms with E-state index >= 15 is 0 Å².